The summed E-state index contributed by atoms with van der Waals surface area (Å²) in [5, 5.41) is 6.14. The maximum absolute atomic E-state index is 12.6. The molecule has 2 aromatic carbocycles. The average molecular weight is 401 g/mol. The van der Waals surface area contributed by atoms with Crippen LogP contribution < -0.4 is 10.6 Å². The van der Waals surface area contributed by atoms with Crippen molar-refractivity contribution in [2.45, 2.75) is 33.0 Å². The van der Waals surface area contributed by atoms with Crippen LogP contribution in [-0.4, -0.2) is 12.5 Å². The van der Waals surface area contributed by atoms with Crippen LogP contribution in [0.3, 0.4) is 0 Å². The monoisotopic (exact) mass is 400 g/mol. The van der Waals surface area contributed by atoms with E-state index in [4.69, 9.17) is 0 Å². The summed E-state index contributed by atoms with van der Waals surface area (Å²) in [6.45, 7) is 5.25. The van der Waals surface area contributed by atoms with E-state index < -0.39 is 11.7 Å². The minimum Gasteiger partial charge on any atom is -0.326 e. The van der Waals surface area contributed by atoms with E-state index in [1.807, 2.05) is 31.2 Å². The molecule has 148 valence electrons. The number of benzene rings is 2. The summed E-state index contributed by atoms with van der Waals surface area (Å²) < 4.78 is 37.8. The third kappa shape index (κ3) is 6.88. The molecule has 2 N–H and O–H groups in total. The van der Waals surface area contributed by atoms with Gasteiger partial charge >= 0.3 is 6.18 Å². The molecule has 0 fully saturated rings. The first-order valence-corrected chi connectivity index (χ1v) is 8.57. The minimum atomic E-state index is -4.35. The Kier molecular flexibility index (Phi) is 8.79. The van der Waals surface area contributed by atoms with Crippen molar-refractivity contribution in [3.05, 3.63) is 65.2 Å². The molecule has 7 heteroatoms. The summed E-state index contributed by atoms with van der Waals surface area (Å²) >= 11 is 0. The third-order valence-corrected chi connectivity index (χ3v) is 4.11. The Hall–Kier alpha value is -2.05. The number of alkyl halides is 3. The molecule has 3 nitrogen and oxygen atoms in total. The fourth-order valence-electron chi connectivity index (χ4n) is 2.59. The van der Waals surface area contributed by atoms with Gasteiger partial charge in [-0.25, -0.2) is 0 Å². The molecule has 0 saturated carbocycles. The normalized spacial score (nSPS) is 12.2. The highest BCUT2D eigenvalue weighted by atomic mass is 35.5. The van der Waals surface area contributed by atoms with Crippen molar-refractivity contribution in [3.63, 3.8) is 0 Å². The fraction of sp³-hybridized carbons (Fsp3) is 0.350. The van der Waals surface area contributed by atoms with E-state index in [9.17, 15) is 18.0 Å². The maximum Gasteiger partial charge on any atom is 0.416 e. The smallest absolute Gasteiger partial charge is 0.326 e. The lowest BCUT2D eigenvalue weighted by atomic mass is 9.99. The molecule has 2 rings (SSSR count). The molecule has 0 saturated heterocycles. The van der Waals surface area contributed by atoms with Gasteiger partial charge in [-0.15, -0.1) is 12.4 Å². The summed E-state index contributed by atoms with van der Waals surface area (Å²) in [4.78, 5) is 12.5. The van der Waals surface area contributed by atoms with Gasteiger partial charge in [0.1, 0.15) is 0 Å². The lowest BCUT2D eigenvalue weighted by molar-refractivity contribution is -0.137. The standard InChI is InChI=1S/C20H23F3N2O.ClH/c1-3-24-13-16-6-4-5-7-18(16)25-19(26)14(2)12-15-8-10-17(11-9-15)20(21,22)23;/h4-11,14,24H,3,12-13H2,1-2H3,(H,25,26);1H. The Balaban J connectivity index is 0.00000364. The molecule has 0 spiro atoms. The SMILES string of the molecule is CCNCc1ccccc1NC(=O)C(C)Cc1ccc(C(F)(F)F)cc1.Cl. The van der Waals surface area contributed by atoms with E-state index >= 15 is 0 Å². The maximum atomic E-state index is 12.6. The summed E-state index contributed by atoms with van der Waals surface area (Å²) in [7, 11) is 0. The molecule has 2 aromatic rings. The molecule has 1 atom stereocenters. The molecule has 0 aromatic heterocycles. The molecule has 0 aliphatic heterocycles. The second kappa shape index (κ2) is 10.3. The van der Waals surface area contributed by atoms with Gasteiger partial charge in [-0.05, 0) is 42.3 Å². The number of amides is 1. The highest BCUT2D eigenvalue weighted by molar-refractivity contribution is 5.93. The number of carbonyl (C=O) groups is 1. The Labute approximate surface area is 163 Å². The zero-order chi connectivity index (χ0) is 19.2. The van der Waals surface area contributed by atoms with Crippen LogP contribution in [0, 0.1) is 5.92 Å². The first-order valence-electron chi connectivity index (χ1n) is 8.57. The second-order valence-corrected chi connectivity index (χ2v) is 6.23. The molecule has 0 aliphatic rings. The number of nitrogens with one attached hydrogen (secondary N) is 2. The molecule has 1 amide bonds. The van der Waals surface area contributed by atoms with Crippen LogP contribution in [0.4, 0.5) is 18.9 Å². The van der Waals surface area contributed by atoms with Gasteiger partial charge in [-0.3, -0.25) is 4.79 Å². The Bertz CT molecular complexity index is 733. The number of hydrogen-bond donors (Lipinski definition) is 2. The minimum absolute atomic E-state index is 0. The average Bonchev–Trinajstić information content (AvgIpc) is 2.60. The van der Waals surface area contributed by atoms with Crippen LogP contribution >= 0.6 is 12.4 Å². The first kappa shape index (κ1) is 23.0. The molecule has 27 heavy (non-hydrogen) atoms. The quantitative estimate of drug-likeness (QED) is 0.682. The number of halogens is 4. The van der Waals surface area contributed by atoms with Gasteiger partial charge < -0.3 is 10.6 Å². The van der Waals surface area contributed by atoms with Gasteiger partial charge in [0.25, 0.3) is 0 Å². The largest absolute Gasteiger partial charge is 0.416 e. The Morgan fingerprint density at radius 1 is 1.07 bits per heavy atom. The van der Waals surface area contributed by atoms with Crippen molar-refractivity contribution in [1.82, 2.24) is 5.32 Å². The molecule has 0 aliphatic carbocycles. The number of anilines is 1. The van der Waals surface area contributed by atoms with Crippen molar-refractivity contribution < 1.29 is 18.0 Å². The van der Waals surface area contributed by atoms with Gasteiger partial charge in [-0.2, -0.15) is 13.2 Å². The third-order valence-electron chi connectivity index (χ3n) is 4.11. The van der Waals surface area contributed by atoms with Gasteiger partial charge in [-0.1, -0.05) is 44.2 Å². The van der Waals surface area contributed by atoms with Crippen molar-refractivity contribution in [2.24, 2.45) is 5.92 Å². The predicted molar refractivity (Wildman–Crippen MR) is 104 cm³/mol. The molecule has 0 bridgehead atoms. The molecular weight excluding hydrogens is 377 g/mol. The van der Waals surface area contributed by atoms with E-state index in [1.54, 1.807) is 6.92 Å². The number of carbonyl (C=O) groups excluding carboxylic acids is 1. The van der Waals surface area contributed by atoms with Crippen molar-refractivity contribution in [2.75, 3.05) is 11.9 Å². The van der Waals surface area contributed by atoms with Gasteiger partial charge in [0.2, 0.25) is 5.91 Å². The van der Waals surface area contributed by atoms with Crippen molar-refractivity contribution in [1.29, 1.82) is 0 Å². The Morgan fingerprint density at radius 3 is 2.30 bits per heavy atom. The lowest BCUT2D eigenvalue weighted by Crippen LogP contribution is -2.23. The highest BCUT2D eigenvalue weighted by Crippen LogP contribution is 2.29. The molecule has 1 unspecified atom stereocenters. The summed E-state index contributed by atoms with van der Waals surface area (Å²) in [6, 6.07) is 12.5. The zero-order valence-corrected chi connectivity index (χ0v) is 16.1. The van der Waals surface area contributed by atoms with E-state index in [0.717, 1.165) is 29.9 Å². The van der Waals surface area contributed by atoms with E-state index in [-0.39, 0.29) is 24.2 Å². The van der Waals surface area contributed by atoms with Gasteiger partial charge in [0, 0.05) is 18.2 Å². The van der Waals surface area contributed by atoms with Crippen molar-refractivity contribution >= 4 is 24.0 Å². The van der Waals surface area contributed by atoms with Gasteiger partial charge in [0.05, 0.1) is 5.56 Å². The van der Waals surface area contributed by atoms with Crippen LogP contribution in [0.25, 0.3) is 0 Å². The number of hydrogen-bond acceptors (Lipinski definition) is 2. The summed E-state index contributed by atoms with van der Waals surface area (Å²) in [6.07, 6.45) is -3.98. The van der Waals surface area contributed by atoms with Crippen LogP contribution in [0.15, 0.2) is 48.5 Å². The first-order chi connectivity index (χ1) is 12.3. The summed E-state index contributed by atoms with van der Waals surface area (Å²) in [5.41, 5.74) is 1.75. The van der Waals surface area contributed by atoms with Crippen LogP contribution in [0.2, 0.25) is 0 Å². The molecule has 0 radical (unpaired) electrons. The number of rotatable bonds is 7. The predicted octanol–water partition coefficient (Wildman–Crippen LogP) is 5.05. The summed E-state index contributed by atoms with van der Waals surface area (Å²) in [5.74, 6) is -0.521. The van der Waals surface area contributed by atoms with Crippen molar-refractivity contribution in [3.8, 4) is 0 Å². The zero-order valence-electron chi connectivity index (χ0n) is 15.3. The van der Waals surface area contributed by atoms with Crippen LogP contribution in [-0.2, 0) is 23.9 Å². The second-order valence-electron chi connectivity index (χ2n) is 6.23. The number of para-hydroxylation sites is 1. The fourth-order valence-corrected chi connectivity index (χ4v) is 2.59. The molecular formula is C20H24ClF3N2O. The van der Waals surface area contributed by atoms with Gasteiger partial charge in [0.15, 0.2) is 0 Å². The van der Waals surface area contributed by atoms with E-state index in [1.165, 1.54) is 12.1 Å². The lowest BCUT2D eigenvalue weighted by Gasteiger charge is -2.15. The topological polar surface area (TPSA) is 41.1 Å². The van der Waals surface area contributed by atoms with Crippen LogP contribution in [0.5, 0.6) is 0 Å². The van der Waals surface area contributed by atoms with E-state index in [2.05, 4.69) is 10.6 Å². The molecule has 0 heterocycles. The van der Waals surface area contributed by atoms with E-state index in [0.29, 0.717) is 18.5 Å². The Morgan fingerprint density at radius 2 is 1.70 bits per heavy atom. The highest BCUT2D eigenvalue weighted by Gasteiger charge is 2.30. The van der Waals surface area contributed by atoms with Crippen LogP contribution in [0.1, 0.15) is 30.5 Å².